The average Bonchev–Trinajstić information content (AvgIpc) is 2.06. The molecule has 0 unspecified atom stereocenters. The van der Waals surface area contributed by atoms with Crippen molar-refractivity contribution in [3.05, 3.63) is 28.5 Å². The van der Waals surface area contributed by atoms with Crippen LogP contribution in [0.4, 0.5) is 0 Å². The van der Waals surface area contributed by atoms with E-state index >= 15 is 0 Å². The summed E-state index contributed by atoms with van der Waals surface area (Å²) < 4.78 is 0.537. The van der Waals surface area contributed by atoms with Gasteiger partial charge in [-0.15, -0.1) is 0 Å². The molecular weight excluding hydrogens is 238 g/mol. The summed E-state index contributed by atoms with van der Waals surface area (Å²) in [6.45, 7) is 0. The Labute approximate surface area is 82.7 Å². The van der Waals surface area contributed by atoms with Crippen molar-refractivity contribution in [3.8, 4) is 5.75 Å². The lowest BCUT2D eigenvalue weighted by atomic mass is 10.3. The summed E-state index contributed by atoms with van der Waals surface area (Å²) in [5, 5.41) is 17.5. The number of halogens is 1. The third kappa shape index (κ3) is 2.87. The van der Waals surface area contributed by atoms with Gasteiger partial charge in [-0.2, -0.15) is 0 Å². The van der Waals surface area contributed by atoms with Crippen molar-refractivity contribution in [1.29, 1.82) is 0 Å². The van der Waals surface area contributed by atoms with Gasteiger partial charge in [0.2, 0.25) is 0 Å². The predicted octanol–water partition coefficient (Wildman–Crippen LogP) is 1.65. The Balaban J connectivity index is 3.00. The van der Waals surface area contributed by atoms with E-state index in [1.165, 1.54) is 12.1 Å². The molecule has 0 spiro atoms. The van der Waals surface area contributed by atoms with Crippen LogP contribution in [0.5, 0.6) is 5.75 Å². The van der Waals surface area contributed by atoms with Gasteiger partial charge in [-0.05, 0) is 34.1 Å². The van der Waals surface area contributed by atoms with Crippen molar-refractivity contribution in [1.82, 2.24) is 4.98 Å². The first-order chi connectivity index (χ1) is 6.09. The van der Waals surface area contributed by atoms with Gasteiger partial charge in [0, 0.05) is 6.08 Å². The van der Waals surface area contributed by atoms with Gasteiger partial charge in [-0.3, -0.25) is 0 Å². The van der Waals surface area contributed by atoms with Crippen molar-refractivity contribution >= 4 is 28.0 Å². The Morgan fingerprint density at radius 1 is 1.54 bits per heavy atom. The largest absolute Gasteiger partial charge is 0.506 e. The first-order valence-electron chi connectivity index (χ1n) is 3.36. The summed E-state index contributed by atoms with van der Waals surface area (Å²) in [5.41, 5.74) is 0.219. The first-order valence-corrected chi connectivity index (χ1v) is 4.15. The zero-order chi connectivity index (χ0) is 9.84. The van der Waals surface area contributed by atoms with E-state index < -0.39 is 5.97 Å². The molecule has 1 aromatic rings. The number of pyridine rings is 1. The molecular formula is C8H6BrNO3. The van der Waals surface area contributed by atoms with Crippen molar-refractivity contribution in [2.75, 3.05) is 0 Å². The lowest BCUT2D eigenvalue weighted by Crippen LogP contribution is -1.88. The molecule has 0 bridgehead atoms. The molecule has 0 aliphatic carbocycles. The molecule has 1 heterocycles. The average molecular weight is 244 g/mol. The van der Waals surface area contributed by atoms with Crippen LogP contribution in [0.1, 0.15) is 5.69 Å². The Kier molecular flexibility index (Phi) is 3.02. The highest BCUT2D eigenvalue weighted by Crippen LogP contribution is 2.18. The Morgan fingerprint density at radius 2 is 2.23 bits per heavy atom. The Morgan fingerprint density at radius 3 is 2.85 bits per heavy atom. The molecule has 68 valence electrons. The predicted molar refractivity (Wildman–Crippen MR) is 50.3 cm³/mol. The molecule has 0 amide bonds. The van der Waals surface area contributed by atoms with E-state index in [0.29, 0.717) is 4.60 Å². The smallest absolute Gasteiger partial charge is 0.328 e. The van der Waals surface area contributed by atoms with E-state index in [9.17, 15) is 9.90 Å². The number of aromatic nitrogens is 1. The van der Waals surface area contributed by atoms with E-state index in [1.54, 1.807) is 6.07 Å². The summed E-state index contributed by atoms with van der Waals surface area (Å²) in [6, 6.07) is 2.99. The quantitative estimate of drug-likeness (QED) is 0.612. The SMILES string of the molecule is O=C(O)C=Cc1nc(Br)ccc1O. The van der Waals surface area contributed by atoms with Crippen LogP contribution in [0.15, 0.2) is 22.8 Å². The molecule has 0 atom stereocenters. The van der Waals surface area contributed by atoms with Gasteiger partial charge in [0.15, 0.2) is 0 Å². The standard InChI is InChI=1S/C8H6BrNO3/c9-7-3-2-6(11)5(10-7)1-4-8(12)13/h1-4,11H,(H,12,13). The number of hydrogen-bond donors (Lipinski definition) is 2. The number of aromatic hydroxyl groups is 1. The lowest BCUT2D eigenvalue weighted by molar-refractivity contribution is -0.131. The van der Waals surface area contributed by atoms with Gasteiger partial charge in [-0.25, -0.2) is 9.78 Å². The van der Waals surface area contributed by atoms with Crippen LogP contribution < -0.4 is 0 Å². The van der Waals surface area contributed by atoms with E-state index in [4.69, 9.17) is 5.11 Å². The molecule has 4 nitrogen and oxygen atoms in total. The van der Waals surface area contributed by atoms with Gasteiger partial charge >= 0.3 is 5.97 Å². The zero-order valence-corrected chi connectivity index (χ0v) is 8.02. The summed E-state index contributed by atoms with van der Waals surface area (Å²) in [6.07, 6.45) is 2.14. The second-order valence-electron chi connectivity index (χ2n) is 2.21. The van der Waals surface area contributed by atoms with Crippen molar-refractivity contribution in [2.24, 2.45) is 0 Å². The van der Waals surface area contributed by atoms with E-state index in [2.05, 4.69) is 20.9 Å². The molecule has 1 aromatic heterocycles. The fourth-order valence-electron chi connectivity index (χ4n) is 0.716. The zero-order valence-electron chi connectivity index (χ0n) is 6.44. The van der Waals surface area contributed by atoms with E-state index in [-0.39, 0.29) is 11.4 Å². The van der Waals surface area contributed by atoms with Crippen molar-refractivity contribution in [3.63, 3.8) is 0 Å². The number of nitrogens with zero attached hydrogens (tertiary/aromatic N) is 1. The highest BCUT2D eigenvalue weighted by atomic mass is 79.9. The molecule has 0 saturated heterocycles. The highest BCUT2D eigenvalue weighted by molar-refractivity contribution is 9.10. The van der Waals surface area contributed by atoms with E-state index in [0.717, 1.165) is 6.08 Å². The van der Waals surface area contributed by atoms with Crippen LogP contribution in [0.2, 0.25) is 0 Å². The van der Waals surface area contributed by atoms with Crippen LogP contribution >= 0.6 is 15.9 Å². The third-order valence-corrected chi connectivity index (χ3v) is 1.69. The third-order valence-electron chi connectivity index (χ3n) is 1.25. The summed E-state index contributed by atoms with van der Waals surface area (Å²) in [4.78, 5) is 14.0. The number of rotatable bonds is 2. The van der Waals surface area contributed by atoms with E-state index in [1.807, 2.05) is 0 Å². The molecule has 13 heavy (non-hydrogen) atoms. The van der Waals surface area contributed by atoms with Crippen LogP contribution in [0.25, 0.3) is 6.08 Å². The maximum Gasteiger partial charge on any atom is 0.328 e. The van der Waals surface area contributed by atoms with Crippen LogP contribution in [-0.2, 0) is 4.79 Å². The molecule has 0 fully saturated rings. The molecule has 2 N–H and O–H groups in total. The minimum atomic E-state index is -1.08. The number of carbonyl (C=O) groups is 1. The summed E-state index contributed by atoms with van der Waals surface area (Å²) in [5.74, 6) is -1.14. The van der Waals surface area contributed by atoms with Crippen molar-refractivity contribution < 1.29 is 15.0 Å². The van der Waals surface area contributed by atoms with Gasteiger partial charge in [0.25, 0.3) is 0 Å². The second-order valence-corrected chi connectivity index (χ2v) is 3.02. The van der Waals surface area contributed by atoms with Crippen LogP contribution in [0.3, 0.4) is 0 Å². The summed E-state index contributed by atoms with van der Waals surface area (Å²) >= 11 is 3.10. The van der Waals surface area contributed by atoms with Gasteiger partial charge in [0.05, 0.1) is 0 Å². The normalized spacial score (nSPS) is 10.5. The molecule has 0 radical (unpaired) electrons. The monoisotopic (exact) mass is 243 g/mol. The number of carboxylic acid groups (broad SMARTS) is 1. The van der Waals surface area contributed by atoms with Crippen molar-refractivity contribution in [2.45, 2.75) is 0 Å². The van der Waals surface area contributed by atoms with Crippen LogP contribution in [-0.4, -0.2) is 21.2 Å². The molecule has 0 aromatic carbocycles. The Bertz CT molecular complexity index is 362. The molecule has 0 aliphatic rings. The molecule has 0 saturated carbocycles. The highest BCUT2D eigenvalue weighted by Gasteiger charge is 1.99. The van der Waals surface area contributed by atoms with Gasteiger partial charge in [0.1, 0.15) is 16.0 Å². The maximum atomic E-state index is 10.2. The minimum Gasteiger partial charge on any atom is -0.506 e. The van der Waals surface area contributed by atoms with Gasteiger partial charge in [-0.1, -0.05) is 0 Å². The number of aliphatic carboxylic acids is 1. The first kappa shape index (κ1) is 9.73. The van der Waals surface area contributed by atoms with Gasteiger partial charge < -0.3 is 10.2 Å². The summed E-state index contributed by atoms with van der Waals surface area (Å²) in [7, 11) is 0. The second kappa shape index (κ2) is 4.04. The molecule has 5 heteroatoms. The topological polar surface area (TPSA) is 70.4 Å². The molecule has 1 rings (SSSR count). The number of carboxylic acids is 1. The lowest BCUT2D eigenvalue weighted by Gasteiger charge is -1.97. The number of hydrogen-bond acceptors (Lipinski definition) is 3. The fraction of sp³-hybridized carbons (Fsp3) is 0. The minimum absolute atomic E-state index is 0.0549. The maximum absolute atomic E-state index is 10.2. The fourth-order valence-corrected chi connectivity index (χ4v) is 1.04. The molecule has 0 aliphatic heterocycles. The van der Waals surface area contributed by atoms with Crippen LogP contribution in [0, 0.1) is 0 Å². The Hall–Kier alpha value is -1.36.